The Hall–Kier alpha value is -2.89. The first-order chi connectivity index (χ1) is 11.5. The Bertz CT molecular complexity index is 715. The zero-order valence-corrected chi connectivity index (χ0v) is 13.2. The number of amides is 1. The van der Waals surface area contributed by atoms with Gasteiger partial charge in [0.2, 0.25) is 5.91 Å². The normalized spacial score (nSPS) is 11.6. The molecule has 0 radical (unpaired) electrons. The van der Waals surface area contributed by atoms with Crippen LogP contribution in [0.25, 0.3) is 0 Å². The summed E-state index contributed by atoms with van der Waals surface area (Å²) < 4.78 is 18.2. The van der Waals surface area contributed by atoms with Crippen LogP contribution in [0.2, 0.25) is 0 Å². The molecule has 0 aromatic heterocycles. The third-order valence-corrected chi connectivity index (χ3v) is 3.55. The largest absolute Gasteiger partial charge is 0.497 e. The minimum Gasteiger partial charge on any atom is -0.497 e. The molecule has 6 heteroatoms. The molecule has 0 aliphatic heterocycles. The van der Waals surface area contributed by atoms with Gasteiger partial charge in [0, 0.05) is 18.0 Å². The van der Waals surface area contributed by atoms with Crippen LogP contribution < -0.4 is 10.1 Å². The van der Waals surface area contributed by atoms with E-state index in [0.717, 1.165) is 5.56 Å². The molecule has 0 saturated heterocycles. The van der Waals surface area contributed by atoms with Gasteiger partial charge in [-0.05, 0) is 35.9 Å². The van der Waals surface area contributed by atoms with Crippen LogP contribution in [0.5, 0.6) is 5.75 Å². The van der Waals surface area contributed by atoms with Gasteiger partial charge in [-0.15, -0.1) is 0 Å². The second-order valence-electron chi connectivity index (χ2n) is 5.33. The molecule has 24 heavy (non-hydrogen) atoms. The molecule has 1 atom stereocenters. The third kappa shape index (κ3) is 5.08. The van der Waals surface area contributed by atoms with E-state index in [1.807, 2.05) is 0 Å². The van der Waals surface area contributed by atoms with Gasteiger partial charge in [0.25, 0.3) is 0 Å². The van der Waals surface area contributed by atoms with E-state index in [2.05, 4.69) is 5.32 Å². The van der Waals surface area contributed by atoms with Crippen LogP contribution in [0.1, 0.15) is 24.3 Å². The van der Waals surface area contributed by atoms with E-state index in [1.165, 1.54) is 25.3 Å². The number of hydrogen-bond donors (Lipinski definition) is 2. The molecule has 0 fully saturated rings. The van der Waals surface area contributed by atoms with E-state index >= 15 is 0 Å². The van der Waals surface area contributed by atoms with Crippen LogP contribution in [0.4, 0.5) is 10.1 Å². The Morgan fingerprint density at radius 3 is 2.46 bits per heavy atom. The molecule has 0 aliphatic carbocycles. The molecule has 0 spiro atoms. The molecule has 2 aromatic rings. The molecular weight excluding hydrogens is 313 g/mol. The average Bonchev–Trinajstić information content (AvgIpc) is 2.54. The Balaban J connectivity index is 2.09. The van der Waals surface area contributed by atoms with Gasteiger partial charge in [-0.1, -0.05) is 18.2 Å². The van der Waals surface area contributed by atoms with E-state index in [1.54, 1.807) is 30.3 Å². The van der Waals surface area contributed by atoms with Crippen molar-refractivity contribution >= 4 is 17.6 Å². The van der Waals surface area contributed by atoms with Gasteiger partial charge in [0.1, 0.15) is 11.6 Å². The number of carbonyl (C=O) groups is 2. The zero-order chi connectivity index (χ0) is 17.5. The van der Waals surface area contributed by atoms with Crippen molar-refractivity contribution in [3.63, 3.8) is 0 Å². The second-order valence-corrected chi connectivity index (χ2v) is 5.33. The monoisotopic (exact) mass is 331 g/mol. The first-order valence-electron chi connectivity index (χ1n) is 7.39. The lowest BCUT2D eigenvalue weighted by molar-refractivity contribution is -0.137. The molecule has 2 aromatic carbocycles. The fraction of sp³-hybridized carbons (Fsp3) is 0.222. The molecule has 0 bridgehead atoms. The molecule has 0 unspecified atom stereocenters. The van der Waals surface area contributed by atoms with Crippen LogP contribution in [0.15, 0.2) is 48.5 Å². The Labute approximate surface area is 139 Å². The maximum atomic E-state index is 13.1. The number of nitrogens with one attached hydrogen (secondary N) is 1. The Morgan fingerprint density at radius 2 is 1.88 bits per heavy atom. The fourth-order valence-corrected chi connectivity index (χ4v) is 2.40. The van der Waals surface area contributed by atoms with Crippen molar-refractivity contribution in [1.29, 1.82) is 0 Å². The maximum Gasteiger partial charge on any atom is 0.303 e. The predicted molar refractivity (Wildman–Crippen MR) is 87.6 cm³/mol. The predicted octanol–water partition coefficient (Wildman–Crippen LogP) is 3.42. The van der Waals surface area contributed by atoms with Crippen LogP contribution in [-0.4, -0.2) is 24.1 Å². The number of carboxylic acids is 1. The molecule has 5 nitrogen and oxygen atoms in total. The first kappa shape index (κ1) is 17.5. The third-order valence-electron chi connectivity index (χ3n) is 3.55. The number of ether oxygens (including phenoxy) is 1. The van der Waals surface area contributed by atoms with Crippen LogP contribution in [-0.2, 0) is 9.59 Å². The van der Waals surface area contributed by atoms with Gasteiger partial charge < -0.3 is 15.2 Å². The second kappa shape index (κ2) is 8.10. The lowest BCUT2D eigenvalue weighted by Gasteiger charge is -2.16. The summed E-state index contributed by atoms with van der Waals surface area (Å²) in [6, 6.07) is 12.5. The summed E-state index contributed by atoms with van der Waals surface area (Å²) >= 11 is 0. The summed E-state index contributed by atoms with van der Waals surface area (Å²) in [5.74, 6) is -1.65. The molecule has 1 amide bonds. The van der Waals surface area contributed by atoms with E-state index in [-0.39, 0.29) is 18.7 Å². The van der Waals surface area contributed by atoms with Gasteiger partial charge >= 0.3 is 5.97 Å². The van der Waals surface area contributed by atoms with E-state index < -0.39 is 17.7 Å². The van der Waals surface area contributed by atoms with E-state index in [9.17, 15) is 14.0 Å². The lowest BCUT2D eigenvalue weighted by atomic mass is 9.92. The standard InChI is InChI=1S/C18H18FNO4/c1-24-16-7-5-12(6-8-16)13(10-18(22)23)9-17(21)20-15-4-2-3-14(19)11-15/h2-8,11,13H,9-10H2,1H3,(H,20,21)(H,22,23)/t13-/m1/s1. The molecule has 126 valence electrons. The molecule has 2 N–H and O–H groups in total. The van der Waals surface area contributed by atoms with Crippen molar-refractivity contribution in [2.24, 2.45) is 0 Å². The number of aliphatic carboxylic acids is 1. The summed E-state index contributed by atoms with van der Waals surface area (Å²) in [5.41, 5.74) is 1.07. The quantitative estimate of drug-likeness (QED) is 0.815. The minimum absolute atomic E-state index is 0.0187. The number of rotatable bonds is 7. The highest BCUT2D eigenvalue weighted by Gasteiger charge is 2.19. The van der Waals surface area contributed by atoms with Gasteiger partial charge in [-0.2, -0.15) is 0 Å². The topological polar surface area (TPSA) is 75.6 Å². The molecule has 0 aliphatic rings. The van der Waals surface area contributed by atoms with Crippen molar-refractivity contribution in [2.75, 3.05) is 12.4 Å². The number of halogens is 1. The highest BCUT2D eigenvalue weighted by Crippen LogP contribution is 2.26. The Kier molecular flexibility index (Phi) is 5.89. The average molecular weight is 331 g/mol. The summed E-state index contributed by atoms with van der Waals surface area (Å²) in [6.07, 6.45) is -0.196. The number of hydrogen-bond acceptors (Lipinski definition) is 3. The van der Waals surface area contributed by atoms with Crippen LogP contribution >= 0.6 is 0 Å². The van der Waals surface area contributed by atoms with Crippen molar-refractivity contribution < 1.29 is 23.8 Å². The summed E-state index contributed by atoms with van der Waals surface area (Å²) in [7, 11) is 1.54. The van der Waals surface area contributed by atoms with Crippen molar-refractivity contribution in [3.05, 3.63) is 59.9 Å². The number of methoxy groups -OCH3 is 1. The van der Waals surface area contributed by atoms with Gasteiger partial charge in [-0.3, -0.25) is 9.59 Å². The van der Waals surface area contributed by atoms with E-state index in [4.69, 9.17) is 9.84 Å². The maximum absolute atomic E-state index is 13.1. The smallest absolute Gasteiger partial charge is 0.303 e. The number of benzene rings is 2. The zero-order valence-electron chi connectivity index (χ0n) is 13.2. The summed E-state index contributed by atoms with van der Waals surface area (Å²) in [6.45, 7) is 0. The van der Waals surface area contributed by atoms with Crippen LogP contribution in [0, 0.1) is 5.82 Å². The minimum atomic E-state index is -0.991. The van der Waals surface area contributed by atoms with E-state index in [0.29, 0.717) is 11.4 Å². The van der Waals surface area contributed by atoms with Crippen molar-refractivity contribution in [2.45, 2.75) is 18.8 Å². The summed E-state index contributed by atoms with van der Waals surface area (Å²) in [4.78, 5) is 23.2. The number of carboxylic acid groups (broad SMARTS) is 1. The Morgan fingerprint density at radius 1 is 1.17 bits per heavy atom. The number of anilines is 1. The summed E-state index contributed by atoms with van der Waals surface area (Å²) in [5, 5.41) is 11.7. The van der Waals surface area contributed by atoms with Gasteiger partial charge in [0.15, 0.2) is 0 Å². The molecule has 0 saturated carbocycles. The lowest BCUT2D eigenvalue weighted by Crippen LogP contribution is -2.17. The van der Waals surface area contributed by atoms with Gasteiger partial charge in [0.05, 0.1) is 13.5 Å². The molecule has 2 rings (SSSR count). The molecular formula is C18H18FNO4. The van der Waals surface area contributed by atoms with Crippen LogP contribution in [0.3, 0.4) is 0 Å². The highest BCUT2D eigenvalue weighted by molar-refractivity contribution is 5.91. The number of carbonyl (C=O) groups excluding carboxylic acids is 1. The van der Waals surface area contributed by atoms with Crippen molar-refractivity contribution in [1.82, 2.24) is 0 Å². The first-order valence-corrected chi connectivity index (χ1v) is 7.39. The molecule has 0 heterocycles. The SMILES string of the molecule is COc1ccc([C@@H](CC(=O)O)CC(=O)Nc2cccc(F)c2)cc1. The highest BCUT2D eigenvalue weighted by atomic mass is 19.1. The van der Waals surface area contributed by atoms with Gasteiger partial charge in [-0.25, -0.2) is 4.39 Å². The fourth-order valence-electron chi connectivity index (χ4n) is 2.40. The van der Waals surface area contributed by atoms with Crippen molar-refractivity contribution in [3.8, 4) is 5.75 Å².